The molecule has 0 atom stereocenters. The highest BCUT2D eigenvalue weighted by Crippen LogP contribution is 2.34. The third-order valence-electron chi connectivity index (χ3n) is 3.29. The lowest BCUT2D eigenvalue weighted by molar-refractivity contribution is 0.0601. The van der Waals surface area contributed by atoms with Gasteiger partial charge in [-0.25, -0.2) is 4.79 Å². The Morgan fingerprint density at radius 3 is 2.64 bits per heavy atom. The van der Waals surface area contributed by atoms with Gasteiger partial charge in [-0.15, -0.1) is 0 Å². The second kappa shape index (κ2) is 5.91. The number of nitrogens with zero attached hydrogens (tertiary/aromatic N) is 2. The zero-order valence-corrected chi connectivity index (χ0v) is 13.0. The highest BCUT2D eigenvalue weighted by Gasteiger charge is 2.14. The van der Waals surface area contributed by atoms with E-state index in [1.807, 2.05) is 0 Å². The van der Waals surface area contributed by atoms with Gasteiger partial charge in [-0.3, -0.25) is 9.97 Å². The molecule has 0 bridgehead atoms. The van der Waals surface area contributed by atoms with Crippen LogP contribution in [0.3, 0.4) is 0 Å². The Labute approximate surface area is 136 Å². The Kier molecular flexibility index (Phi) is 3.96. The van der Waals surface area contributed by atoms with E-state index in [0.717, 1.165) is 16.3 Å². The first-order valence-corrected chi connectivity index (χ1v) is 7.14. The van der Waals surface area contributed by atoms with Gasteiger partial charge in [0.25, 0.3) is 0 Å². The Hall–Kier alpha value is -2.17. The average molecular weight is 333 g/mol. The molecular weight excluding hydrogens is 323 g/mol. The van der Waals surface area contributed by atoms with Crippen LogP contribution >= 0.6 is 23.2 Å². The Morgan fingerprint density at radius 1 is 1.09 bits per heavy atom. The number of rotatable bonds is 2. The van der Waals surface area contributed by atoms with Crippen LogP contribution in [0.5, 0.6) is 0 Å². The molecule has 0 aliphatic rings. The van der Waals surface area contributed by atoms with Crippen molar-refractivity contribution in [3.05, 3.63) is 58.5 Å². The first kappa shape index (κ1) is 14.8. The summed E-state index contributed by atoms with van der Waals surface area (Å²) in [5.41, 5.74) is 1.78. The van der Waals surface area contributed by atoms with Gasteiger partial charge in [0.15, 0.2) is 0 Å². The number of ether oxygens (including phenoxy) is 1. The summed E-state index contributed by atoms with van der Waals surface area (Å²) in [6.45, 7) is 0. The lowest BCUT2D eigenvalue weighted by Crippen LogP contribution is -2.01. The van der Waals surface area contributed by atoms with Crippen LogP contribution in [0.1, 0.15) is 10.4 Å². The van der Waals surface area contributed by atoms with Gasteiger partial charge in [0.2, 0.25) is 0 Å². The molecule has 3 rings (SSSR count). The molecule has 0 spiro atoms. The summed E-state index contributed by atoms with van der Waals surface area (Å²) in [7, 11) is 1.34. The van der Waals surface area contributed by atoms with E-state index in [-0.39, 0.29) is 0 Å². The summed E-state index contributed by atoms with van der Waals surface area (Å²) in [4.78, 5) is 20.1. The zero-order chi connectivity index (χ0) is 15.7. The van der Waals surface area contributed by atoms with Crippen molar-refractivity contribution in [2.24, 2.45) is 0 Å². The summed E-state index contributed by atoms with van der Waals surface area (Å²) < 4.78 is 4.76. The maximum absolute atomic E-state index is 11.7. The molecule has 0 fully saturated rings. The van der Waals surface area contributed by atoms with Crippen LogP contribution in [0.25, 0.3) is 22.0 Å². The first-order chi connectivity index (χ1) is 10.6. The fraction of sp³-hybridized carbons (Fsp3) is 0.0625. The molecule has 2 heterocycles. The Bertz CT molecular complexity index is 881. The number of pyridine rings is 2. The van der Waals surface area contributed by atoms with E-state index in [0.29, 0.717) is 21.3 Å². The van der Waals surface area contributed by atoms with Crippen LogP contribution in [-0.4, -0.2) is 23.0 Å². The predicted molar refractivity (Wildman–Crippen MR) is 86.3 cm³/mol. The summed E-state index contributed by atoms with van der Waals surface area (Å²) >= 11 is 12.4. The van der Waals surface area contributed by atoms with Crippen molar-refractivity contribution in [2.45, 2.75) is 0 Å². The standard InChI is InChI=1S/C16H10Cl2N2O2/c1-22-16(21)9-2-3-10-12(6-9)15(20-8-14(10)18)11-4-5-19-7-13(11)17/h2-8H,1H3. The number of benzene rings is 1. The van der Waals surface area contributed by atoms with E-state index in [4.69, 9.17) is 27.9 Å². The molecule has 6 heteroatoms. The number of methoxy groups -OCH3 is 1. The van der Waals surface area contributed by atoms with Gasteiger partial charge in [0.05, 0.1) is 28.4 Å². The summed E-state index contributed by atoms with van der Waals surface area (Å²) in [6, 6.07) is 6.90. The van der Waals surface area contributed by atoms with Gasteiger partial charge in [-0.1, -0.05) is 29.3 Å². The van der Waals surface area contributed by atoms with Crippen LogP contribution in [0.15, 0.2) is 42.9 Å². The van der Waals surface area contributed by atoms with E-state index in [1.165, 1.54) is 7.11 Å². The van der Waals surface area contributed by atoms with Crippen molar-refractivity contribution in [1.29, 1.82) is 0 Å². The third kappa shape index (κ3) is 2.51. The second-order valence-corrected chi connectivity index (χ2v) is 5.38. The van der Waals surface area contributed by atoms with Crippen molar-refractivity contribution in [2.75, 3.05) is 7.11 Å². The quantitative estimate of drug-likeness (QED) is 0.653. The minimum Gasteiger partial charge on any atom is -0.465 e. The van der Waals surface area contributed by atoms with Crippen molar-refractivity contribution < 1.29 is 9.53 Å². The van der Waals surface area contributed by atoms with E-state index in [1.54, 1.807) is 42.9 Å². The molecule has 0 radical (unpaired) electrons. The summed E-state index contributed by atoms with van der Waals surface area (Å²) in [5.74, 6) is -0.423. The minimum absolute atomic E-state index is 0.422. The second-order valence-electron chi connectivity index (χ2n) is 4.56. The lowest BCUT2D eigenvalue weighted by atomic mass is 10.0. The number of fused-ring (bicyclic) bond motifs is 1. The summed E-state index contributed by atoms with van der Waals surface area (Å²) in [5, 5.41) is 2.48. The van der Waals surface area contributed by atoms with Gasteiger partial charge in [-0.2, -0.15) is 0 Å². The van der Waals surface area contributed by atoms with Crippen LogP contribution in [0, 0.1) is 0 Å². The molecule has 0 saturated heterocycles. The molecule has 0 amide bonds. The topological polar surface area (TPSA) is 52.1 Å². The molecule has 0 unspecified atom stereocenters. The van der Waals surface area contributed by atoms with E-state index < -0.39 is 5.97 Å². The molecule has 22 heavy (non-hydrogen) atoms. The predicted octanol–water partition coefficient (Wildman–Crippen LogP) is 4.39. The number of carbonyl (C=O) groups excluding carboxylic acids is 1. The van der Waals surface area contributed by atoms with Crippen molar-refractivity contribution >= 4 is 39.9 Å². The molecule has 2 aromatic heterocycles. The normalized spacial score (nSPS) is 10.7. The molecule has 1 aromatic carbocycles. The van der Waals surface area contributed by atoms with Crippen LogP contribution < -0.4 is 0 Å². The SMILES string of the molecule is COC(=O)c1ccc2c(Cl)cnc(-c3ccncc3Cl)c2c1. The van der Waals surface area contributed by atoms with Gasteiger partial charge >= 0.3 is 5.97 Å². The fourth-order valence-corrected chi connectivity index (χ4v) is 2.66. The number of halogens is 2. The third-order valence-corrected chi connectivity index (χ3v) is 3.89. The summed E-state index contributed by atoms with van der Waals surface area (Å²) in [6.07, 6.45) is 4.74. The molecular formula is C16H10Cl2N2O2. The monoisotopic (exact) mass is 332 g/mol. The molecule has 4 nitrogen and oxygen atoms in total. The highest BCUT2D eigenvalue weighted by molar-refractivity contribution is 6.36. The van der Waals surface area contributed by atoms with Crippen LogP contribution in [-0.2, 0) is 4.74 Å². The van der Waals surface area contributed by atoms with Crippen LogP contribution in [0.2, 0.25) is 10.0 Å². The van der Waals surface area contributed by atoms with E-state index >= 15 is 0 Å². The fourth-order valence-electron chi connectivity index (χ4n) is 2.24. The Balaban J connectivity index is 2.33. The van der Waals surface area contributed by atoms with E-state index in [9.17, 15) is 4.79 Å². The smallest absolute Gasteiger partial charge is 0.337 e. The zero-order valence-electron chi connectivity index (χ0n) is 11.5. The molecule has 3 aromatic rings. The van der Waals surface area contributed by atoms with Crippen molar-refractivity contribution in [3.63, 3.8) is 0 Å². The number of hydrogen-bond donors (Lipinski definition) is 0. The maximum Gasteiger partial charge on any atom is 0.337 e. The first-order valence-electron chi connectivity index (χ1n) is 6.38. The van der Waals surface area contributed by atoms with Gasteiger partial charge in [-0.05, 0) is 18.2 Å². The van der Waals surface area contributed by atoms with Crippen LogP contribution in [0.4, 0.5) is 0 Å². The molecule has 0 N–H and O–H groups in total. The van der Waals surface area contributed by atoms with E-state index in [2.05, 4.69) is 9.97 Å². The lowest BCUT2D eigenvalue weighted by Gasteiger charge is -2.10. The minimum atomic E-state index is -0.423. The number of carbonyl (C=O) groups is 1. The van der Waals surface area contributed by atoms with Gasteiger partial charge < -0.3 is 4.74 Å². The Morgan fingerprint density at radius 2 is 1.91 bits per heavy atom. The average Bonchev–Trinajstić information content (AvgIpc) is 2.55. The maximum atomic E-state index is 11.7. The number of hydrogen-bond acceptors (Lipinski definition) is 4. The largest absolute Gasteiger partial charge is 0.465 e. The van der Waals surface area contributed by atoms with Crippen molar-refractivity contribution in [1.82, 2.24) is 9.97 Å². The van der Waals surface area contributed by atoms with Crippen molar-refractivity contribution in [3.8, 4) is 11.3 Å². The number of esters is 1. The highest BCUT2D eigenvalue weighted by atomic mass is 35.5. The molecule has 0 aliphatic heterocycles. The molecule has 0 aliphatic carbocycles. The van der Waals surface area contributed by atoms with Gasteiger partial charge in [0, 0.05) is 34.9 Å². The number of aromatic nitrogens is 2. The molecule has 0 saturated carbocycles. The van der Waals surface area contributed by atoms with Gasteiger partial charge in [0.1, 0.15) is 0 Å². The molecule has 110 valence electrons.